The lowest BCUT2D eigenvalue weighted by Gasteiger charge is -2.43. The molecule has 0 N–H and O–H groups in total. The van der Waals surface area contributed by atoms with Crippen molar-refractivity contribution >= 4 is 22.0 Å². The molecule has 4 rings (SSSR count). The Hall–Kier alpha value is -2.33. The van der Waals surface area contributed by atoms with Crippen LogP contribution in [0.2, 0.25) is 0 Å². The second kappa shape index (κ2) is 6.42. The van der Waals surface area contributed by atoms with Crippen molar-refractivity contribution in [2.75, 3.05) is 29.4 Å². The van der Waals surface area contributed by atoms with Gasteiger partial charge in [-0.1, -0.05) is 48.5 Å². The van der Waals surface area contributed by atoms with E-state index in [-0.39, 0.29) is 0 Å². The second-order valence-corrected chi connectivity index (χ2v) is 6.61. The third-order valence-corrected chi connectivity index (χ3v) is 5.22. The first kappa shape index (κ1) is 14.3. The van der Waals surface area contributed by atoms with E-state index in [1.54, 1.807) is 11.3 Å². The van der Waals surface area contributed by atoms with Gasteiger partial charge in [0.05, 0.1) is 17.7 Å². The molecule has 1 aliphatic rings. The number of hydrogen-bond donors (Lipinski definition) is 0. The predicted octanol–water partition coefficient (Wildman–Crippen LogP) is 4.21. The summed E-state index contributed by atoms with van der Waals surface area (Å²) in [5.74, 6) is 0. The fraction of sp³-hybridized carbons (Fsp3) is 0.211. The maximum Gasteiger partial charge on any atom is 0.111 e. The van der Waals surface area contributed by atoms with Gasteiger partial charge in [-0.3, -0.25) is 4.98 Å². The molecule has 1 aromatic heterocycles. The quantitative estimate of drug-likeness (QED) is 0.720. The van der Waals surface area contributed by atoms with Crippen LogP contribution in [0.1, 0.15) is 11.6 Å². The van der Waals surface area contributed by atoms with Crippen molar-refractivity contribution in [2.45, 2.75) is 6.04 Å². The maximum atomic E-state index is 4.24. The van der Waals surface area contributed by atoms with Crippen LogP contribution < -0.4 is 9.80 Å². The Kier molecular flexibility index (Phi) is 3.99. The minimum absolute atomic E-state index is 0.356. The van der Waals surface area contributed by atoms with Crippen molar-refractivity contribution in [1.29, 1.82) is 0 Å². The smallest absolute Gasteiger partial charge is 0.111 e. The minimum atomic E-state index is 0.356. The van der Waals surface area contributed by atoms with Gasteiger partial charge in [0.15, 0.2) is 0 Å². The molecule has 0 amide bonds. The first-order valence-electron chi connectivity index (χ1n) is 7.92. The van der Waals surface area contributed by atoms with Gasteiger partial charge >= 0.3 is 0 Å². The molecule has 2 aromatic carbocycles. The second-order valence-electron chi connectivity index (χ2n) is 5.74. The Labute approximate surface area is 140 Å². The molecule has 1 fully saturated rings. The summed E-state index contributed by atoms with van der Waals surface area (Å²) in [7, 11) is 0. The fourth-order valence-electron chi connectivity index (χ4n) is 3.24. The highest BCUT2D eigenvalue weighted by Gasteiger charge is 2.29. The molecule has 0 saturated carbocycles. The van der Waals surface area contributed by atoms with Gasteiger partial charge in [-0.2, -0.15) is 0 Å². The van der Waals surface area contributed by atoms with Gasteiger partial charge in [0.25, 0.3) is 0 Å². The van der Waals surface area contributed by atoms with E-state index in [0.717, 1.165) is 19.6 Å². The summed E-state index contributed by atoms with van der Waals surface area (Å²) in [4.78, 5) is 9.21. The molecule has 1 unspecified atom stereocenters. The average Bonchev–Trinajstić information content (AvgIpc) is 3.17. The summed E-state index contributed by atoms with van der Waals surface area (Å²) in [5.41, 5.74) is 4.58. The fourth-order valence-corrected chi connectivity index (χ4v) is 3.90. The Morgan fingerprint density at radius 2 is 1.65 bits per heavy atom. The number of hydrogen-bond acceptors (Lipinski definition) is 4. The summed E-state index contributed by atoms with van der Waals surface area (Å²) >= 11 is 1.72. The summed E-state index contributed by atoms with van der Waals surface area (Å²) in [5, 5.41) is 1.26. The Balaban J connectivity index is 1.67. The van der Waals surface area contributed by atoms with Crippen LogP contribution in [-0.4, -0.2) is 24.6 Å². The van der Waals surface area contributed by atoms with Crippen molar-refractivity contribution in [2.24, 2.45) is 0 Å². The van der Waals surface area contributed by atoms with Gasteiger partial charge in [-0.05, 0) is 17.7 Å². The largest absolute Gasteiger partial charge is 0.361 e. The SMILES string of the molecule is c1ccc(C2CN(c3cncs3)CCN2c2ccccc2)cc1. The number of benzene rings is 2. The van der Waals surface area contributed by atoms with E-state index in [4.69, 9.17) is 0 Å². The molecule has 23 heavy (non-hydrogen) atoms. The lowest BCUT2D eigenvalue weighted by Crippen LogP contribution is -2.48. The highest BCUT2D eigenvalue weighted by Crippen LogP contribution is 2.33. The number of para-hydroxylation sites is 1. The molecule has 0 aliphatic carbocycles. The molecule has 116 valence electrons. The highest BCUT2D eigenvalue weighted by atomic mass is 32.1. The van der Waals surface area contributed by atoms with Gasteiger partial charge in [-0.25, -0.2) is 0 Å². The van der Waals surface area contributed by atoms with Gasteiger partial charge in [0.2, 0.25) is 0 Å². The number of thiazole rings is 1. The van der Waals surface area contributed by atoms with Crippen molar-refractivity contribution in [3.63, 3.8) is 0 Å². The summed E-state index contributed by atoms with van der Waals surface area (Å²) in [6, 6.07) is 21.9. The molecule has 3 aromatic rings. The lowest BCUT2D eigenvalue weighted by molar-refractivity contribution is 0.541. The van der Waals surface area contributed by atoms with Crippen molar-refractivity contribution in [1.82, 2.24) is 4.98 Å². The van der Waals surface area contributed by atoms with Crippen LogP contribution in [0.15, 0.2) is 72.4 Å². The molecule has 3 nitrogen and oxygen atoms in total. The minimum Gasteiger partial charge on any atom is -0.361 e. The van der Waals surface area contributed by atoms with Crippen LogP contribution in [0.25, 0.3) is 0 Å². The molecule has 1 saturated heterocycles. The predicted molar refractivity (Wildman–Crippen MR) is 97.3 cm³/mol. The molecular weight excluding hydrogens is 302 g/mol. The average molecular weight is 321 g/mol. The molecule has 0 spiro atoms. The Bertz CT molecular complexity index is 728. The van der Waals surface area contributed by atoms with Gasteiger partial charge < -0.3 is 9.80 Å². The molecule has 1 aliphatic heterocycles. The van der Waals surface area contributed by atoms with E-state index in [9.17, 15) is 0 Å². The summed E-state index contributed by atoms with van der Waals surface area (Å²) in [6.45, 7) is 3.03. The number of nitrogens with zero attached hydrogens (tertiary/aromatic N) is 3. The lowest BCUT2D eigenvalue weighted by atomic mass is 10.0. The van der Waals surface area contributed by atoms with Crippen LogP contribution in [-0.2, 0) is 0 Å². The molecule has 1 atom stereocenters. The van der Waals surface area contributed by atoms with E-state index < -0.39 is 0 Å². The van der Waals surface area contributed by atoms with E-state index in [1.165, 1.54) is 16.3 Å². The van der Waals surface area contributed by atoms with Crippen LogP contribution in [0.5, 0.6) is 0 Å². The Morgan fingerprint density at radius 3 is 2.35 bits per heavy atom. The maximum absolute atomic E-state index is 4.24. The normalized spacial score (nSPS) is 18.2. The van der Waals surface area contributed by atoms with E-state index in [2.05, 4.69) is 75.4 Å². The zero-order valence-corrected chi connectivity index (χ0v) is 13.7. The first-order chi connectivity index (χ1) is 11.4. The third kappa shape index (κ3) is 2.94. The zero-order chi connectivity index (χ0) is 15.5. The summed E-state index contributed by atoms with van der Waals surface area (Å²) < 4.78 is 0. The number of rotatable bonds is 3. The zero-order valence-electron chi connectivity index (χ0n) is 12.9. The molecule has 0 bridgehead atoms. The van der Waals surface area contributed by atoms with Crippen molar-refractivity contribution < 1.29 is 0 Å². The molecular formula is C19H19N3S. The van der Waals surface area contributed by atoms with Gasteiger partial charge in [0, 0.05) is 25.3 Å². The number of piperazine rings is 1. The monoisotopic (exact) mass is 321 g/mol. The molecule has 2 heterocycles. The topological polar surface area (TPSA) is 19.4 Å². The van der Waals surface area contributed by atoms with Gasteiger partial charge in [-0.15, -0.1) is 11.3 Å². The van der Waals surface area contributed by atoms with E-state index in [1.807, 2.05) is 11.7 Å². The van der Waals surface area contributed by atoms with Crippen LogP contribution >= 0.6 is 11.3 Å². The van der Waals surface area contributed by atoms with E-state index in [0.29, 0.717) is 6.04 Å². The third-order valence-electron chi connectivity index (χ3n) is 4.38. The van der Waals surface area contributed by atoms with Crippen molar-refractivity contribution in [3.8, 4) is 0 Å². The summed E-state index contributed by atoms with van der Waals surface area (Å²) in [6.07, 6.45) is 1.98. The van der Waals surface area contributed by atoms with E-state index >= 15 is 0 Å². The number of aromatic nitrogens is 1. The highest BCUT2D eigenvalue weighted by molar-refractivity contribution is 7.13. The molecule has 0 radical (unpaired) electrons. The van der Waals surface area contributed by atoms with Crippen LogP contribution in [0.3, 0.4) is 0 Å². The first-order valence-corrected chi connectivity index (χ1v) is 8.80. The van der Waals surface area contributed by atoms with Crippen molar-refractivity contribution in [3.05, 3.63) is 77.9 Å². The van der Waals surface area contributed by atoms with Gasteiger partial charge in [0.1, 0.15) is 5.00 Å². The molecule has 4 heteroatoms. The van der Waals surface area contributed by atoms with Crippen LogP contribution in [0, 0.1) is 0 Å². The van der Waals surface area contributed by atoms with Crippen LogP contribution in [0.4, 0.5) is 10.7 Å². The number of anilines is 2. The Morgan fingerprint density at radius 1 is 0.913 bits per heavy atom. The standard InChI is InChI=1S/C19H19N3S/c1-3-7-16(8-4-1)18-14-21(19-13-20-15-23-19)11-12-22(18)17-9-5-2-6-10-17/h1-10,13,15,18H,11-12,14H2.